The molecule has 0 saturated carbocycles. The molecule has 0 spiro atoms. The number of halogens is 1. The maximum Gasteiger partial charge on any atom is 0.139 e. The Morgan fingerprint density at radius 3 is 0.517 bits per heavy atom. The zero-order valence-electron chi connectivity index (χ0n) is 23.9. The van der Waals surface area contributed by atoms with E-state index in [-0.39, 0.29) is 30.2 Å². The first kappa shape index (κ1) is 29.9. The minimum absolute atomic E-state index is 0.228. The molecule has 0 fully saturated rings. The summed E-state index contributed by atoms with van der Waals surface area (Å²) < 4.78 is 0. The molecule has 0 aliphatic heterocycles. The first-order valence-electron chi connectivity index (χ1n) is 11.7. The van der Waals surface area contributed by atoms with E-state index in [1.165, 1.54) is 0 Å². The fourth-order valence-electron chi connectivity index (χ4n) is 11.3. The molecule has 0 aromatic rings. The highest BCUT2D eigenvalue weighted by Crippen LogP contribution is 2.75. The van der Waals surface area contributed by atoms with Gasteiger partial charge in [-0.3, -0.25) is 0 Å². The molecule has 0 bridgehead atoms. The number of hydrogen-bond donors (Lipinski definition) is 0. The van der Waals surface area contributed by atoms with Crippen molar-refractivity contribution in [1.29, 1.82) is 0 Å². The van der Waals surface area contributed by atoms with Crippen molar-refractivity contribution in [3.05, 3.63) is 0 Å². The van der Waals surface area contributed by atoms with Gasteiger partial charge in [0.1, 0.15) is 6.42 Å². The molecule has 0 aliphatic rings. The van der Waals surface area contributed by atoms with Gasteiger partial charge in [0.2, 0.25) is 0 Å². The molecular weight excluding hydrogens is 420 g/mol. The normalized spacial score (nSPS) is 17.0. The van der Waals surface area contributed by atoms with Crippen molar-refractivity contribution < 1.29 is 0 Å². The number of rotatable bonds is 2. The molecule has 4 heteroatoms. The molecule has 0 N–H and O–H groups in total. The third-order valence-corrected chi connectivity index (χ3v) is 58.3. The van der Waals surface area contributed by atoms with E-state index in [9.17, 15) is 0 Å². The summed E-state index contributed by atoms with van der Waals surface area (Å²) in [5, 5.41) is 1.37. The van der Waals surface area contributed by atoms with Crippen molar-refractivity contribution in [3.8, 4) is 0 Å². The van der Waals surface area contributed by atoms with Gasteiger partial charge >= 0.3 is 0 Å². The molecular formula is C25H57ClSi3. The van der Waals surface area contributed by atoms with Crippen molar-refractivity contribution in [2.75, 3.05) is 0 Å². The fraction of sp³-hybridized carbons (Fsp3) is 1.00. The van der Waals surface area contributed by atoms with Crippen LogP contribution in [0.4, 0.5) is 0 Å². The Balaban J connectivity index is 8.22. The number of hydrogen-bond acceptors (Lipinski definition) is 0. The standard InChI is InChI=1S/C25H57ClSi3/c1-20(2,3)28(21(4,5)6,22(7,8)9)27(19,26)29(23(10,11)12,24(13,14)15)25(16,17)18/h1-19H3. The molecule has 29 heavy (non-hydrogen) atoms. The Hall–Kier alpha value is 0.941. The Bertz CT molecular complexity index is 452. The maximum absolute atomic E-state index is 8.55. The molecule has 0 saturated heterocycles. The van der Waals surface area contributed by atoms with E-state index in [1.54, 1.807) is 0 Å². The van der Waals surface area contributed by atoms with Crippen molar-refractivity contribution in [1.82, 2.24) is 0 Å². The van der Waals surface area contributed by atoms with Crippen molar-refractivity contribution in [2.24, 2.45) is 0 Å². The SMILES string of the molecule is CC(C)(C)[Si](C(C)(C)C)(C(C)(C)C)[Si](C)(Cl)[Si](C(C)(C)C)(C(C)(C)C)C(C)(C)C. The van der Waals surface area contributed by atoms with Crippen LogP contribution in [0, 0.1) is 0 Å². The van der Waals surface area contributed by atoms with Crippen LogP contribution in [0.3, 0.4) is 0 Å². The molecule has 0 aliphatic carbocycles. The van der Waals surface area contributed by atoms with E-state index in [0.29, 0.717) is 0 Å². The summed E-state index contributed by atoms with van der Waals surface area (Å²) in [5.74, 6) is 0. The summed E-state index contributed by atoms with van der Waals surface area (Å²) in [5.41, 5.74) is 0. The van der Waals surface area contributed by atoms with Crippen LogP contribution in [-0.2, 0) is 0 Å². The first-order chi connectivity index (χ1) is 12.0. The Kier molecular flexibility index (Phi) is 7.73. The van der Waals surface area contributed by atoms with Gasteiger partial charge in [0.25, 0.3) is 0 Å². The molecule has 0 aromatic heterocycles. The second-order valence-corrected chi connectivity index (χ2v) is 46.2. The molecule has 0 heterocycles. The fourth-order valence-corrected chi connectivity index (χ4v) is 101. The molecule has 0 radical (unpaired) electrons. The Labute approximate surface area is 193 Å². The van der Waals surface area contributed by atoms with Crippen LogP contribution >= 0.6 is 11.1 Å². The minimum Gasteiger partial charge on any atom is -0.174 e. The van der Waals surface area contributed by atoms with Gasteiger partial charge in [0.05, 0.1) is 15.2 Å². The van der Waals surface area contributed by atoms with Gasteiger partial charge < -0.3 is 0 Å². The quantitative estimate of drug-likeness (QED) is 0.274. The van der Waals surface area contributed by atoms with Crippen molar-refractivity contribution >= 4 is 32.7 Å². The van der Waals surface area contributed by atoms with Crippen LogP contribution < -0.4 is 0 Å². The smallest absolute Gasteiger partial charge is 0.139 e. The Morgan fingerprint density at radius 1 is 0.345 bits per heavy atom. The van der Waals surface area contributed by atoms with Gasteiger partial charge in [0, 0.05) is 0 Å². The van der Waals surface area contributed by atoms with Gasteiger partial charge in [-0.15, -0.1) is 0 Å². The van der Waals surface area contributed by atoms with Crippen LogP contribution in [0.2, 0.25) is 36.8 Å². The van der Waals surface area contributed by atoms with E-state index in [2.05, 4.69) is 131 Å². The Morgan fingerprint density at radius 2 is 0.448 bits per heavy atom. The predicted molar refractivity (Wildman–Crippen MR) is 147 cm³/mol. The van der Waals surface area contributed by atoms with Crippen molar-refractivity contribution in [2.45, 2.75) is 161 Å². The zero-order valence-corrected chi connectivity index (χ0v) is 27.6. The largest absolute Gasteiger partial charge is 0.174 e. The third-order valence-electron chi connectivity index (χ3n) is 8.16. The van der Waals surface area contributed by atoms with Crippen LogP contribution in [0.25, 0.3) is 0 Å². The van der Waals surface area contributed by atoms with E-state index in [0.717, 1.165) is 0 Å². The second-order valence-electron chi connectivity index (χ2n) is 16.0. The topological polar surface area (TPSA) is 0 Å². The van der Waals surface area contributed by atoms with Crippen LogP contribution in [0.15, 0.2) is 0 Å². The van der Waals surface area contributed by atoms with E-state index in [1.807, 2.05) is 0 Å². The average molecular weight is 477 g/mol. The second kappa shape index (κ2) is 7.49. The van der Waals surface area contributed by atoms with Crippen LogP contribution in [0.1, 0.15) is 125 Å². The average Bonchev–Trinajstić information content (AvgIpc) is 2.12. The maximum atomic E-state index is 8.55. The molecule has 0 aromatic carbocycles. The molecule has 0 rings (SSSR count). The summed E-state index contributed by atoms with van der Waals surface area (Å²) in [4.78, 5) is 0. The lowest BCUT2D eigenvalue weighted by molar-refractivity contribution is 0.541. The molecule has 176 valence electrons. The van der Waals surface area contributed by atoms with E-state index < -0.39 is 21.6 Å². The lowest BCUT2D eigenvalue weighted by Crippen LogP contribution is -2.87. The summed E-state index contributed by atoms with van der Waals surface area (Å²) in [6.07, 6.45) is -2.33. The van der Waals surface area contributed by atoms with Gasteiger partial charge in [0.15, 0.2) is 0 Å². The van der Waals surface area contributed by atoms with Gasteiger partial charge in [-0.05, 0) is 30.2 Å². The summed E-state index contributed by atoms with van der Waals surface area (Å²) in [6, 6.07) is 0. The van der Waals surface area contributed by atoms with Crippen molar-refractivity contribution in [3.63, 3.8) is 0 Å². The lowest BCUT2D eigenvalue weighted by atomic mass is 10.2. The van der Waals surface area contributed by atoms with E-state index >= 15 is 0 Å². The molecule has 0 nitrogen and oxygen atoms in total. The molecule has 0 amide bonds. The van der Waals surface area contributed by atoms with Gasteiger partial charge in [-0.25, -0.2) is 0 Å². The highest BCUT2D eigenvalue weighted by molar-refractivity contribution is 7.85. The van der Waals surface area contributed by atoms with Crippen LogP contribution in [0.5, 0.6) is 0 Å². The monoisotopic (exact) mass is 476 g/mol. The predicted octanol–water partition coefficient (Wildman–Crippen LogP) is 10.7. The molecule has 0 unspecified atom stereocenters. The summed E-state index contributed by atoms with van der Waals surface area (Å²) in [6.45, 7) is 48.4. The van der Waals surface area contributed by atoms with E-state index in [4.69, 9.17) is 11.1 Å². The minimum atomic E-state index is -2.33. The summed E-state index contributed by atoms with van der Waals surface area (Å²) in [7, 11) is -4.25. The highest BCUT2D eigenvalue weighted by atomic mass is 35.6. The third kappa shape index (κ3) is 3.95. The van der Waals surface area contributed by atoms with Gasteiger partial charge in [-0.2, -0.15) is 11.1 Å². The van der Waals surface area contributed by atoms with Crippen LogP contribution in [-0.4, -0.2) is 21.6 Å². The van der Waals surface area contributed by atoms with Gasteiger partial charge in [-0.1, -0.05) is 131 Å². The lowest BCUT2D eigenvalue weighted by Gasteiger charge is -2.75. The first-order valence-corrected chi connectivity index (χ1v) is 21.2. The summed E-state index contributed by atoms with van der Waals surface area (Å²) >= 11 is 8.55. The molecule has 0 atom stereocenters. The highest BCUT2D eigenvalue weighted by Gasteiger charge is 2.80. The zero-order chi connectivity index (χ0) is 24.5.